The van der Waals surface area contributed by atoms with E-state index in [1.165, 1.54) is 16.7 Å². The summed E-state index contributed by atoms with van der Waals surface area (Å²) in [7, 11) is 0. The van der Waals surface area contributed by atoms with E-state index in [4.69, 9.17) is 10.5 Å². The van der Waals surface area contributed by atoms with Crippen LogP contribution in [0.3, 0.4) is 0 Å². The number of nitrogens with two attached hydrogens (primary N) is 1. The highest BCUT2D eigenvalue weighted by Gasteiger charge is 2.03. The Labute approximate surface area is 108 Å². The highest BCUT2D eigenvalue weighted by atomic mass is 16.5. The number of benzene rings is 2. The van der Waals surface area contributed by atoms with Crippen LogP contribution in [0.4, 0.5) is 5.69 Å². The van der Waals surface area contributed by atoms with E-state index in [1.807, 2.05) is 25.1 Å². The Kier molecular flexibility index (Phi) is 3.56. The summed E-state index contributed by atoms with van der Waals surface area (Å²) in [5, 5.41) is 0. The lowest BCUT2D eigenvalue weighted by Gasteiger charge is -2.11. The molecule has 2 N–H and O–H groups in total. The van der Waals surface area contributed by atoms with Crippen molar-refractivity contribution in [3.63, 3.8) is 0 Å². The van der Waals surface area contributed by atoms with Crippen molar-refractivity contribution >= 4 is 5.69 Å². The summed E-state index contributed by atoms with van der Waals surface area (Å²) >= 11 is 0. The van der Waals surface area contributed by atoms with Gasteiger partial charge in [0.2, 0.25) is 0 Å². The summed E-state index contributed by atoms with van der Waals surface area (Å²) in [4.78, 5) is 0. The van der Waals surface area contributed by atoms with Crippen molar-refractivity contribution in [2.75, 3.05) is 5.73 Å². The normalized spacial score (nSPS) is 10.4. The van der Waals surface area contributed by atoms with Gasteiger partial charge in [-0.25, -0.2) is 0 Å². The fourth-order valence-electron chi connectivity index (χ4n) is 1.83. The summed E-state index contributed by atoms with van der Waals surface area (Å²) in [5.41, 5.74) is 11.5. The fourth-order valence-corrected chi connectivity index (χ4v) is 1.83. The highest BCUT2D eigenvalue weighted by molar-refractivity contribution is 5.57. The first-order chi connectivity index (χ1) is 8.58. The molecule has 0 aromatic heterocycles. The molecule has 2 rings (SSSR count). The maximum atomic E-state index is 5.98. The molecule has 2 aromatic carbocycles. The van der Waals surface area contributed by atoms with Crippen molar-refractivity contribution in [3.05, 3.63) is 58.7 Å². The molecule has 0 amide bonds. The number of ether oxygens (including phenoxy) is 1. The largest absolute Gasteiger partial charge is 0.487 e. The molecule has 0 aliphatic heterocycles. The number of nitrogen functional groups attached to an aromatic ring is 1. The number of rotatable bonds is 3. The third-order valence-corrected chi connectivity index (χ3v) is 3.25. The van der Waals surface area contributed by atoms with Crippen molar-refractivity contribution in [1.29, 1.82) is 0 Å². The topological polar surface area (TPSA) is 35.2 Å². The van der Waals surface area contributed by atoms with Crippen LogP contribution < -0.4 is 10.5 Å². The molecular formula is C16H19NO. The van der Waals surface area contributed by atoms with Gasteiger partial charge in [0.25, 0.3) is 0 Å². The van der Waals surface area contributed by atoms with E-state index < -0.39 is 0 Å². The molecule has 0 aliphatic rings. The van der Waals surface area contributed by atoms with Gasteiger partial charge >= 0.3 is 0 Å². The van der Waals surface area contributed by atoms with Gasteiger partial charge in [-0.1, -0.05) is 30.3 Å². The number of para-hydroxylation sites is 1. The number of aryl methyl sites for hydroxylation is 3. The van der Waals surface area contributed by atoms with E-state index in [1.54, 1.807) is 0 Å². The quantitative estimate of drug-likeness (QED) is 0.830. The van der Waals surface area contributed by atoms with Gasteiger partial charge in [0.05, 0.1) is 5.69 Å². The smallest absolute Gasteiger partial charge is 0.142 e. The number of hydrogen-bond donors (Lipinski definition) is 1. The standard InChI is InChI=1S/C16H19NO/c1-11-7-8-14(9-13(11)3)10-18-15-6-4-5-12(2)16(15)17/h4-9H,10,17H2,1-3H3. The molecule has 2 heteroatoms. The SMILES string of the molecule is Cc1ccc(COc2cccc(C)c2N)cc1C. The Bertz CT molecular complexity index is 561. The molecule has 0 unspecified atom stereocenters. The Morgan fingerprint density at radius 3 is 2.44 bits per heavy atom. The van der Waals surface area contributed by atoms with Gasteiger partial charge in [0.1, 0.15) is 12.4 Å². The maximum absolute atomic E-state index is 5.98. The van der Waals surface area contributed by atoms with E-state index in [0.29, 0.717) is 6.61 Å². The second kappa shape index (κ2) is 5.13. The summed E-state index contributed by atoms with van der Waals surface area (Å²) < 4.78 is 5.77. The number of anilines is 1. The summed E-state index contributed by atoms with van der Waals surface area (Å²) in [6, 6.07) is 12.2. The summed E-state index contributed by atoms with van der Waals surface area (Å²) in [5.74, 6) is 0.758. The van der Waals surface area contributed by atoms with Crippen LogP contribution in [-0.2, 0) is 6.61 Å². The molecular weight excluding hydrogens is 222 g/mol. The van der Waals surface area contributed by atoms with E-state index >= 15 is 0 Å². The minimum atomic E-state index is 0.550. The van der Waals surface area contributed by atoms with Gasteiger partial charge in [-0.3, -0.25) is 0 Å². The molecule has 0 saturated carbocycles. The van der Waals surface area contributed by atoms with Crippen LogP contribution in [0.2, 0.25) is 0 Å². The molecule has 0 bridgehead atoms. The van der Waals surface area contributed by atoms with Crippen molar-refractivity contribution in [2.24, 2.45) is 0 Å². The molecule has 0 atom stereocenters. The predicted octanol–water partition coefficient (Wildman–Crippen LogP) is 3.77. The molecule has 94 valence electrons. The fraction of sp³-hybridized carbons (Fsp3) is 0.250. The van der Waals surface area contributed by atoms with Gasteiger partial charge in [0.15, 0.2) is 0 Å². The van der Waals surface area contributed by atoms with Crippen molar-refractivity contribution in [3.8, 4) is 5.75 Å². The Balaban J connectivity index is 2.11. The second-order valence-electron chi connectivity index (χ2n) is 4.69. The second-order valence-corrected chi connectivity index (χ2v) is 4.69. The van der Waals surface area contributed by atoms with Crippen molar-refractivity contribution in [2.45, 2.75) is 27.4 Å². The first kappa shape index (κ1) is 12.5. The van der Waals surface area contributed by atoms with Crippen LogP contribution in [0.25, 0.3) is 0 Å². The van der Waals surface area contributed by atoms with Crippen LogP contribution >= 0.6 is 0 Å². The van der Waals surface area contributed by atoms with Crippen LogP contribution in [-0.4, -0.2) is 0 Å². The average molecular weight is 241 g/mol. The zero-order valence-electron chi connectivity index (χ0n) is 11.2. The zero-order valence-corrected chi connectivity index (χ0v) is 11.2. The Morgan fingerprint density at radius 1 is 0.944 bits per heavy atom. The summed E-state index contributed by atoms with van der Waals surface area (Å²) in [6.45, 7) is 6.76. The molecule has 0 aliphatic carbocycles. The zero-order chi connectivity index (χ0) is 13.1. The summed E-state index contributed by atoms with van der Waals surface area (Å²) in [6.07, 6.45) is 0. The van der Waals surface area contributed by atoms with Crippen molar-refractivity contribution in [1.82, 2.24) is 0 Å². The minimum absolute atomic E-state index is 0.550. The lowest BCUT2D eigenvalue weighted by Crippen LogP contribution is -2.00. The third-order valence-electron chi connectivity index (χ3n) is 3.25. The molecule has 2 nitrogen and oxygen atoms in total. The lowest BCUT2D eigenvalue weighted by atomic mass is 10.1. The van der Waals surface area contributed by atoms with Crippen LogP contribution in [0.1, 0.15) is 22.3 Å². The molecule has 0 radical (unpaired) electrons. The van der Waals surface area contributed by atoms with E-state index in [2.05, 4.69) is 32.0 Å². The molecule has 0 fully saturated rings. The molecule has 2 aromatic rings. The van der Waals surface area contributed by atoms with Crippen molar-refractivity contribution < 1.29 is 4.74 Å². The van der Waals surface area contributed by atoms with E-state index in [-0.39, 0.29) is 0 Å². The van der Waals surface area contributed by atoms with Gasteiger partial charge in [-0.2, -0.15) is 0 Å². The Morgan fingerprint density at radius 2 is 1.72 bits per heavy atom. The molecule has 0 heterocycles. The maximum Gasteiger partial charge on any atom is 0.142 e. The van der Waals surface area contributed by atoms with Crippen LogP contribution in [0.5, 0.6) is 5.75 Å². The van der Waals surface area contributed by atoms with Gasteiger partial charge in [-0.15, -0.1) is 0 Å². The van der Waals surface area contributed by atoms with Gasteiger partial charge in [-0.05, 0) is 49.1 Å². The van der Waals surface area contributed by atoms with E-state index in [0.717, 1.165) is 17.0 Å². The lowest BCUT2D eigenvalue weighted by molar-refractivity contribution is 0.307. The average Bonchev–Trinajstić information content (AvgIpc) is 2.35. The molecule has 18 heavy (non-hydrogen) atoms. The van der Waals surface area contributed by atoms with Gasteiger partial charge in [0, 0.05) is 0 Å². The third kappa shape index (κ3) is 2.65. The molecule has 0 spiro atoms. The highest BCUT2D eigenvalue weighted by Crippen LogP contribution is 2.25. The van der Waals surface area contributed by atoms with Crippen LogP contribution in [0, 0.1) is 20.8 Å². The first-order valence-corrected chi connectivity index (χ1v) is 6.12. The number of hydrogen-bond acceptors (Lipinski definition) is 2. The Hall–Kier alpha value is -1.96. The predicted molar refractivity (Wildman–Crippen MR) is 75.8 cm³/mol. The van der Waals surface area contributed by atoms with Gasteiger partial charge < -0.3 is 10.5 Å². The first-order valence-electron chi connectivity index (χ1n) is 6.12. The minimum Gasteiger partial charge on any atom is -0.487 e. The molecule has 0 saturated heterocycles. The van der Waals surface area contributed by atoms with Crippen LogP contribution in [0.15, 0.2) is 36.4 Å². The monoisotopic (exact) mass is 241 g/mol. The van der Waals surface area contributed by atoms with E-state index in [9.17, 15) is 0 Å².